The lowest BCUT2D eigenvalue weighted by Gasteiger charge is -2.11. The van der Waals surface area contributed by atoms with E-state index in [1.54, 1.807) is 12.1 Å². The summed E-state index contributed by atoms with van der Waals surface area (Å²) in [6.07, 6.45) is 0. The maximum atomic E-state index is 10.6. The van der Waals surface area contributed by atoms with Crippen LogP contribution in [0.3, 0.4) is 0 Å². The van der Waals surface area contributed by atoms with E-state index < -0.39 is 5.97 Å². The average molecular weight is 239 g/mol. The van der Waals surface area contributed by atoms with E-state index in [-0.39, 0.29) is 18.2 Å². The predicted molar refractivity (Wildman–Crippen MR) is 63.4 cm³/mol. The molecule has 0 heterocycles. The van der Waals surface area contributed by atoms with Crippen molar-refractivity contribution >= 4 is 5.97 Å². The molecule has 0 amide bonds. The molecule has 0 fully saturated rings. The zero-order valence-corrected chi connectivity index (χ0v) is 9.72. The summed E-state index contributed by atoms with van der Waals surface area (Å²) in [5.41, 5.74) is 0.240. The summed E-state index contributed by atoms with van der Waals surface area (Å²) in [4.78, 5) is 10.6. The Morgan fingerprint density at radius 1 is 1.41 bits per heavy atom. The first-order chi connectivity index (χ1) is 8.13. The highest BCUT2D eigenvalue weighted by atomic mass is 16.5. The fraction of sp³-hybridized carbons (Fsp3) is 0.417. The number of aliphatic hydroxyl groups excluding tert-OH is 1. The molecule has 17 heavy (non-hydrogen) atoms. The number of hydrogen-bond acceptors (Lipinski definition) is 4. The van der Waals surface area contributed by atoms with Gasteiger partial charge in [-0.1, -0.05) is 0 Å². The highest BCUT2D eigenvalue weighted by Gasteiger charge is 2.02. The Morgan fingerprint density at radius 2 is 2.06 bits per heavy atom. The topological polar surface area (TPSA) is 78.8 Å². The van der Waals surface area contributed by atoms with Gasteiger partial charge in [0.1, 0.15) is 12.4 Å². The molecule has 0 radical (unpaired) electrons. The second-order valence-corrected chi connectivity index (χ2v) is 3.72. The van der Waals surface area contributed by atoms with Crippen molar-refractivity contribution in [1.29, 1.82) is 0 Å². The molecule has 5 nitrogen and oxygen atoms in total. The van der Waals surface area contributed by atoms with Gasteiger partial charge >= 0.3 is 5.97 Å². The molecule has 0 aliphatic heterocycles. The molecule has 0 spiro atoms. The summed E-state index contributed by atoms with van der Waals surface area (Å²) in [5.74, 6) is -0.316. The van der Waals surface area contributed by atoms with Crippen molar-refractivity contribution in [3.8, 4) is 5.75 Å². The van der Waals surface area contributed by atoms with Crippen LogP contribution in [0.2, 0.25) is 0 Å². The second kappa shape index (κ2) is 6.88. The first kappa shape index (κ1) is 13.5. The van der Waals surface area contributed by atoms with Crippen LogP contribution in [0.5, 0.6) is 5.75 Å². The van der Waals surface area contributed by atoms with Crippen molar-refractivity contribution in [2.24, 2.45) is 0 Å². The summed E-state index contributed by atoms with van der Waals surface area (Å²) >= 11 is 0. The van der Waals surface area contributed by atoms with E-state index in [9.17, 15) is 4.79 Å². The molecule has 0 aromatic heterocycles. The maximum absolute atomic E-state index is 10.6. The van der Waals surface area contributed by atoms with Gasteiger partial charge in [-0.2, -0.15) is 0 Å². The van der Waals surface area contributed by atoms with Gasteiger partial charge in [-0.05, 0) is 31.2 Å². The van der Waals surface area contributed by atoms with Crippen LogP contribution in [-0.4, -0.2) is 42.0 Å². The number of aliphatic hydroxyl groups is 1. The average Bonchev–Trinajstić information content (AvgIpc) is 2.34. The summed E-state index contributed by atoms with van der Waals surface area (Å²) in [6.45, 7) is 3.06. The Balaban J connectivity index is 2.30. The number of nitrogens with one attached hydrogen (secondary N) is 1. The summed E-state index contributed by atoms with van der Waals surface area (Å²) in [7, 11) is 0. The lowest BCUT2D eigenvalue weighted by atomic mass is 10.2. The molecule has 0 aliphatic rings. The van der Waals surface area contributed by atoms with Gasteiger partial charge in [0.2, 0.25) is 0 Å². The number of carboxylic acid groups (broad SMARTS) is 1. The Hall–Kier alpha value is -1.59. The largest absolute Gasteiger partial charge is 0.492 e. The Labute approximate surface area is 100 Å². The Bertz CT molecular complexity index is 350. The van der Waals surface area contributed by atoms with E-state index in [1.165, 1.54) is 12.1 Å². The van der Waals surface area contributed by atoms with Crippen molar-refractivity contribution in [2.45, 2.75) is 13.0 Å². The molecule has 0 aliphatic carbocycles. The molecular weight excluding hydrogens is 222 g/mol. The van der Waals surface area contributed by atoms with Crippen LogP contribution in [0.25, 0.3) is 0 Å². The quantitative estimate of drug-likeness (QED) is 0.611. The van der Waals surface area contributed by atoms with Crippen LogP contribution < -0.4 is 10.1 Å². The molecule has 5 heteroatoms. The van der Waals surface area contributed by atoms with Gasteiger partial charge in [-0.3, -0.25) is 0 Å². The molecule has 94 valence electrons. The number of carbonyl (C=O) groups is 1. The highest BCUT2D eigenvalue weighted by molar-refractivity contribution is 5.87. The summed E-state index contributed by atoms with van der Waals surface area (Å²) < 4.78 is 5.40. The summed E-state index contributed by atoms with van der Waals surface area (Å²) in [6, 6.07) is 6.30. The number of hydrogen-bond donors (Lipinski definition) is 3. The Morgan fingerprint density at radius 3 is 2.59 bits per heavy atom. The minimum atomic E-state index is -0.949. The molecule has 0 saturated heterocycles. The smallest absolute Gasteiger partial charge is 0.335 e. The van der Waals surface area contributed by atoms with E-state index in [1.807, 2.05) is 6.92 Å². The third-order valence-corrected chi connectivity index (χ3v) is 2.24. The lowest BCUT2D eigenvalue weighted by Crippen LogP contribution is -2.32. The minimum Gasteiger partial charge on any atom is -0.492 e. The van der Waals surface area contributed by atoms with E-state index in [4.69, 9.17) is 14.9 Å². The third kappa shape index (κ3) is 4.84. The highest BCUT2D eigenvalue weighted by Crippen LogP contribution is 2.11. The van der Waals surface area contributed by atoms with Gasteiger partial charge in [-0.15, -0.1) is 0 Å². The van der Waals surface area contributed by atoms with Gasteiger partial charge in [0.05, 0.1) is 12.2 Å². The fourth-order valence-corrected chi connectivity index (χ4v) is 1.23. The first-order valence-electron chi connectivity index (χ1n) is 5.44. The van der Waals surface area contributed by atoms with Crippen LogP contribution in [0.4, 0.5) is 0 Å². The van der Waals surface area contributed by atoms with Crippen molar-refractivity contribution in [3.05, 3.63) is 29.8 Å². The molecule has 1 unspecified atom stereocenters. The molecule has 3 N–H and O–H groups in total. The standard InChI is InChI=1S/C12H17NO4/c1-9(8-14)13-6-7-17-11-4-2-10(3-5-11)12(15)16/h2-5,9,13-14H,6-8H2,1H3,(H,15,16). The monoisotopic (exact) mass is 239 g/mol. The van der Waals surface area contributed by atoms with Crippen molar-refractivity contribution in [1.82, 2.24) is 5.32 Å². The van der Waals surface area contributed by atoms with Crippen LogP contribution in [0, 0.1) is 0 Å². The third-order valence-electron chi connectivity index (χ3n) is 2.24. The zero-order valence-electron chi connectivity index (χ0n) is 9.72. The van der Waals surface area contributed by atoms with E-state index in [0.29, 0.717) is 18.9 Å². The van der Waals surface area contributed by atoms with Crippen LogP contribution in [0.1, 0.15) is 17.3 Å². The number of carboxylic acids is 1. The van der Waals surface area contributed by atoms with Crippen molar-refractivity contribution in [3.63, 3.8) is 0 Å². The molecular formula is C12H17NO4. The van der Waals surface area contributed by atoms with E-state index in [2.05, 4.69) is 5.32 Å². The van der Waals surface area contributed by atoms with E-state index >= 15 is 0 Å². The second-order valence-electron chi connectivity index (χ2n) is 3.72. The molecule has 0 saturated carbocycles. The molecule has 1 aromatic carbocycles. The van der Waals surface area contributed by atoms with Crippen molar-refractivity contribution < 1.29 is 19.7 Å². The maximum Gasteiger partial charge on any atom is 0.335 e. The lowest BCUT2D eigenvalue weighted by molar-refractivity contribution is 0.0697. The van der Waals surface area contributed by atoms with Gasteiger partial charge in [0, 0.05) is 12.6 Å². The van der Waals surface area contributed by atoms with Gasteiger partial charge in [0.25, 0.3) is 0 Å². The number of rotatable bonds is 7. The van der Waals surface area contributed by atoms with E-state index in [0.717, 1.165) is 0 Å². The van der Waals surface area contributed by atoms with Gasteiger partial charge in [-0.25, -0.2) is 4.79 Å². The number of benzene rings is 1. The minimum absolute atomic E-state index is 0.0491. The van der Waals surface area contributed by atoms with Crippen LogP contribution >= 0.6 is 0 Å². The van der Waals surface area contributed by atoms with Crippen molar-refractivity contribution in [2.75, 3.05) is 19.8 Å². The zero-order chi connectivity index (χ0) is 12.7. The molecule has 1 atom stereocenters. The predicted octanol–water partition coefficient (Wildman–Crippen LogP) is 0.734. The van der Waals surface area contributed by atoms with Gasteiger partial charge < -0.3 is 20.3 Å². The first-order valence-corrected chi connectivity index (χ1v) is 5.44. The van der Waals surface area contributed by atoms with Crippen LogP contribution in [-0.2, 0) is 0 Å². The SMILES string of the molecule is CC(CO)NCCOc1ccc(C(=O)O)cc1. The molecule has 0 bridgehead atoms. The molecule has 1 aromatic rings. The Kier molecular flexibility index (Phi) is 5.45. The van der Waals surface area contributed by atoms with Gasteiger partial charge in [0.15, 0.2) is 0 Å². The number of aromatic carboxylic acids is 1. The normalized spacial score (nSPS) is 12.1. The summed E-state index contributed by atoms with van der Waals surface area (Å²) in [5, 5.41) is 20.5. The van der Waals surface area contributed by atoms with Crippen LogP contribution in [0.15, 0.2) is 24.3 Å². The fourth-order valence-electron chi connectivity index (χ4n) is 1.23. The molecule has 1 rings (SSSR count). The number of ether oxygens (including phenoxy) is 1.